The highest BCUT2D eigenvalue weighted by Crippen LogP contribution is 2.29. The first-order valence-corrected chi connectivity index (χ1v) is 8.83. The highest BCUT2D eigenvalue weighted by Gasteiger charge is 2.30. The summed E-state index contributed by atoms with van der Waals surface area (Å²) in [7, 11) is 0. The average Bonchev–Trinajstić information content (AvgIpc) is 3.27. The molecule has 2 amide bonds. The minimum atomic E-state index is -0.292. The topological polar surface area (TPSA) is 86.8 Å². The molecule has 0 aliphatic carbocycles. The van der Waals surface area contributed by atoms with Gasteiger partial charge in [0.25, 0.3) is 0 Å². The molecule has 1 saturated heterocycles. The summed E-state index contributed by atoms with van der Waals surface area (Å²) in [6, 6.07) is 2.94. The van der Waals surface area contributed by atoms with E-state index in [0.29, 0.717) is 29.3 Å². The molecule has 1 aliphatic rings. The van der Waals surface area contributed by atoms with Gasteiger partial charge in [0, 0.05) is 25.1 Å². The van der Waals surface area contributed by atoms with Gasteiger partial charge >= 0.3 is 6.03 Å². The second-order valence-electron chi connectivity index (χ2n) is 6.23. The molecule has 3 aromatic rings. The number of urea groups is 1. The fourth-order valence-corrected chi connectivity index (χ4v) is 3.91. The van der Waals surface area contributed by atoms with E-state index in [-0.39, 0.29) is 17.8 Å². The summed E-state index contributed by atoms with van der Waals surface area (Å²) in [6.07, 6.45) is 0.828. The first-order chi connectivity index (χ1) is 12.0. The van der Waals surface area contributed by atoms with Crippen LogP contribution in [0.15, 0.2) is 12.1 Å². The molecule has 3 heterocycles. The number of rotatable bonds is 2. The molecule has 1 unspecified atom stereocenters. The number of thiazole rings is 1. The summed E-state index contributed by atoms with van der Waals surface area (Å²) in [5, 5.41) is 10.3. The van der Waals surface area contributed by atoms with Gasteiger partial charge < -0.3 is 4.90 Å². The van der Waals surface area contributed by atoms with Gasteiger partial charge in [-0.25, -0.2) is 19.2 Å². The summed E-state index contributed by atoms with van der Waals surface area (Å²) < 4.78 is 14.5. The van der Waals surface area contributed by atoms with Crippen molar-refractivity contribution in [2.45, 2.75) is 26.2 Å². The largest absolute Gasteiger partial charge is 0.324 e. The van der Waals surface area contributed by atoms with Gasteiger partial charge in [-0.1, -0.05) is 11.3 Å². The van der Waals surface area contributed by atoms with E-state index < -0.39 is 0 Å². The predicted octanol–water partition coefficient (Wildman–Crippen LogP) is 3.19. The van der Waals surface area contributed by atoms with Gasteiger partial charge in [-0.3, -0.25) is 10.4 Å². The Morgan fingerprint density at radius 2 is 2.24 bits per heavy atom. The number of H-pyrrole nitrogens is 1. The molecular formula is C16H17FN6OS. The molecule has 0 saturated carbocycles. The molecule has 9 heteroatoms. The lowest BCUT2D eigenvalue weighted by Crippen LogP contribution is -2.32. The minimum absolute atomic E-state index is 0.141. The van der Waals surface area contributed by atoms with Gasteiger partial charge in [0.15, 0.2) is 11.0 Å². The highest BCUT2D eigenvalue weighted by molar-refractivity contribution is 7.22. The first-order valence-electron chi connectivity index (χ1n) is 8.01. The molecule has 7 nitrogen and oxygen atoms in total. The quantitative estimate of drug-likeness (QED) is 0.735. The van der Waals surface area contributed by atoms with E-state index >= 15 is 0 Å². The fourth-order valence-electron chi connectivity index (χ4n) is 2.97. The number of aryl methyl sites for hydroxylation is 2. The molecule has 1 aromatic carbocycles. The minimum Gasteiger partial charge on any atom is -0.324 e. The van der Waals surface area contributed by atoms with Crippen LogP contribution in [0.4, 0.5) is 14.3 Å². The summed E-state index contributed by atoms with van der Waals surface area (Å²) in [5.74, 6) is 1.37. The number of fused-ring (bicyclic) bond motifs is 1. The smallest absolute Gasteiger partial charge is 0.323 e. The highest BCUT2D eigenvalue weighted by atomic mass is 32.1. The van der Waals surface area contributed by atoms with Gasteiger partial charge in [0.2, 0.25) is 0 Å². The molecule has 1 fully saturated rings. The molecule has 0 radical (unpaired) electrons. The van der Waals surface area contributed by atoms with Crippen molar-refractivity contribution in [1.82, 2.24) is 25.1 Å². The standard InChI is InChI=1S/C16H17FN6OS/c1-8-5-13-12(6-11(8)17)19-15(25-13)20-16(24)23-4-3-10(7-23)14-18-9(2)21-22-14/h5-6,10H,3-4,7H2,1-2H3,(H,18,21,22)(H,19,20,24). The van der Waals surface area contributed by atoms with Crippen molar-refractivity contribution in [2.75, 3.05) is 18.4 Å². The average molecular weight is 360 g/mol. The number of anilines is 1. The van der Waals surface area contributed by atoms with Crippen LogP contribution in [0.3, 0.4) is 0 Å². The number of benzene rings is 1. The lowest BCUT2D eigenvalue weighted by molar-refractivity contribution is 0.222. The van der Waals surface area contributed by atoms with Gasteiger partial charge in [0.1, 0.15) is 11.6 Å². The van der Waals surface area contributed by atoms with Crippen LogP contribution < -0.4 is 5.32 Å². The molecule has 1 aliphatic heterocycles. The molecule has 4 rings (SSSR count). The zero-order valence-electron chi connectivity index (χ0n) is 13.8. The SMILES string of the molecule is Cc1nc(C2CCN(C(=O)Nc3nc4cc(F)c(C)cc4s3)C2)n[nH]1. The second-order valence-corrected chi connectivity index (χ2v) is 7.26. The number of aromatic amines is 1. The Labute approximate surface area is 147 Å². The van der Waals surface area contributed by atoms with Crippen molar-refractivity contribution in [2.24, 2.45) is 0 Å². The Bertz CT molecular complexity index is 912. The van der Waals surface area contributed by atoms with E-state index in [0.717, 1.165) is 22.8 Å². The Morgan fingerprint density at radius 1 is 1.40 bits per heavy atom. The first kappa shape index (κ1) is 15.9. The Balaban J connectivity index is 1.45. The van der Waals surface area contributed by atoms with Gasteiger partial charge in [-0.15, -0.1) is 0 Å². The van der Waals surface area contributed by atoms with Crippen molar-refractivity contribution in [3.05, 3.63) is 35.2 Å². The van der Waals surface area contributed by atoms with E-state index in [4.69, 9.17) is 0 Å². The molecule has 0 bridgehead atoms. The van der Waals surface area contributed by atoms with E-state index in [1.54, 1.807) is 17.9 Å². The zero-order chi connectivity index (χ0) is 17.6. The summed E-state index contributed by atoms with van der Waals surface area (Å²) in [4.78, 5) is 22.8. The third-order valence-corrected chi connectivity index (χ3v) is 5.27. The maximum atomic E-state index is 13.6. The maximum Gasteiger partial charge on any atom is 0.323 e. The molecular weight excluding hydrogens is 343 g/mol. The summed E-state index contributed by atoms with van der Waals surface area (Å²) in [5.41, 5.74) is 1.12. The normalized spacial score (nSPS) is 17.4. The number of amides is 2. The number of nitrogens with one attached hydrogen (secondary N) is 2. The third-order valence-electron chi connectivity index (χ3n) is 4.34. The van der Waals surface area contributed by atoms with E-state index in [1.807, 2.05) is 6.92 Å². The van der Waals surface area contributed by atoms with Crippen molar-refractivity contribution in [3.63, 3.8) is 0 Å². The monoisotopic (exact) mass is 360 g/mol. The van der Waals surface area contributed by atoms with Crippen molar-refractivity contribution < 1.29 is 9.18 Å². The molecule has 1 atom stereocenters. The molecule has 130 valence electrons. The van der Waals surface area contributed by atoms with Crippen LogP contribution in [-0.2, 0) is 0 Å². The number of carbonyl (C=O) groups excluding carboxylic acids is 1. The van der Waals surface area contributed by atoms with Crippen molar-refractivity contribution >= 4 is 32.7 Å². The molecule has 2 aromatic heterocycles. The van der Waals surface area contributed by atoms with Crippen LogP contribution in [0.5, 0.6) is 0 Å². The van der Waals surface area contributed by atoms with Gasteiger partial charge in [0.05, 0.1) is 10.2 Å². The number of nitrogens with zero attached hydrogens (tertiary/aromatic N) is 4. The number of aromatic nitrogens is 4. The van der Waals surface area contributed by atoms with Crippen LogP contribution in [0, 0.1) is 19.7 Å². The Morgan fingerprint density at radius 3 is 3.00 bits per heavy atom. The maximum absolute atomic E-state index is 13.6. The molecule has 2 N–H and O–H groups in total. The number of hydrogen-bond acceptors (Lipinski definition) is 5. The number of hydrogen-bond donors (Lipinski definition) is 2. The fraction of sp³-hybridized carbons (Fsp3) is 0.375. The van der Waals surface area contributed by atoms with Crippen molar-refractivity contribution in [1.29, 1.82) is 0 Å². The van der Waals surface area contributed by atoms with Crippen LogP contribution >= 0.6 is 11.3 Å². The number of likely N-dealkylation sites (tertiary alicyclic amines) is 1. The number of carbonyl (C=O) groups is 1. The predicted molar refractivity (Wildman–Crippen MR) is 93.4 cm³/mol. The zero-order valence-corrected chi connectivity index (χ0v) is 14.7. The van der Waals surface area contributed by atoms with E-state index in [2.05, 4.69) is 25.5 Å². The number of halogens is 1. The van der Waals surface area contributed by atoms with E-state index in [1.165, 1.54) is 17.4 Å². The van der Waals surface area contributed by atoms with Crippen LogP contribution in [0.1, 0.15) is 29.6 Å². The van der Waals surface area contributed by atoms with Gasteiger partial charge in [-0.2, -0.15) is 5.10 Å². The Hall–Kier alpha value is -2.55. The lowest BCUT2D eigenvalue weighted by atomic mass is 10.1. The third kappa shape index (κ3) is 3.07. The second kappa shape index (κ2) is 6.07. The van der Waals surface area contributed by atoms with Crippen LogP contribution in [0.25, 0.3) is 10.2 Å². The summed E-state index contributed by atoms with van der Waals surface area (Å²) >= 11 is 1.34. The van der Waals surface area contributed by atoms with E-state index in [9.17, 15) is 9.18 Å². The Kier molecular flexibility index (Phi) is 3.87. The van der Waals surface area contributed by atoms with Crippen molar-refractivity contribution in [3.8, 4) is 0 Å². The molecule has 0 spiro atoms. The molecule has 25 heavy (non-hydrogen) atoms. The van der Waals surface area contributed by atoms with Crippen LogP contribution in [-0.4, -0.2) is 44.2 Å². The lowest BCUT2D eigenvalue weighted by Gasteiger charge is -2.15. The van der Waals surface area contributed by atoms with Gasteiger partial charge in [-0.05, 0) is 31.9 Å². The summed E-state index contributed by atoms with van der Waals surface area (Å²) in [6.45, 7) is 4.78. The van der Waals surface area contributed by atoms with Crippen LogP contribution in [0.2, 0.25) is 0 Å².